The number of rotatable bonds is 3. The second-order valence-electron chi connectivity index (χ2n) is 8.91. The number of hydrogen-bond acceptors (Lipinski definition) is 3. The number of benzene rings is 1. The first-order chi connectivity index (χ1) is 14.2. The van der Waals surface area contributed by atoms with Gasteiger partial charge >= 0.3 is 6.18 Å². The molecule has 1 N–H and O–H groups in total. The maximum Gasteiger partial charge on any atom is 0.416 e. The largest absolute Gasteiger partial charge is 0.416 e. The molecule has 0 aromatic heterocycles. The van der Waals surface area contributed by atoms with E-state index >= 15 is 0 Å². The van der Waals surface area contributed by atoms with E-state index in [1.165, 1.54) is 12.1 Å². The molecule has 1 aromatic rings. The van der Waals surface area contributed by atoms with E-state index in [4.69, 9.17) is 9.47 Å². The van der Waals surface area contributed by atoms with Gasteiger partial charge < -0.3 is 19.7 Å². The summed E-state index contributed by atoms with van der Waals surface area (Å²) in [6.45, 7) is 9.40. The van der Waals surface area contributed by atoms with Crippen LogP contribution in [0.1, 0.15) is 44.4 Å². The van der Waals surface area contributed by atoms with E-state index in [0.29, 0.717) is 37.7 Å². The van der Waals surface area contributed by atoms with Crippen LogP contribution in [-0.2, 0) is 15.7 Å². The molecule has 9 heteroatoms. The van der Waals surface area contributed by atoms with Crippen LogP contribution < -0.4 is 5.32 Å². The molecule has 5 nitrogen and oxygen atoms in total. The molecule has 174 valence electrons. The van der Waals surface area contributed by atoms with Crippen LogP contribution in [0.5, 0.6) is 0 Å². The third kappa shape index (κ3) is 4.83. The van der Waals surface area contributed by atoms with Crippen molar-refractivity contribution in [3.8, 4) is 0 Å². The number of ether oxygens (including phenoxy) is 2. The Balaban J connectivity index is 0.00000272. The number of halogens is 4. The van der Waals surface area contributed by atoms with Crippen LogP contribution in [0.4, 0.5) is 13.2 Å². The van der Waals surface area contributed by atoms with Gasteiger partial charge in [-0.2, -0.15) is 13.2 Å². The van der Waals surface area contributed by atoms with Crippen molar-refractivity contribution < 1.29 is 22.6 Å². The second-order valence-corrected chi connectivity index (χ2v) is 8.91. The van der Waals surface area contributed by atoms with E-state index in [0.717, 1.165) is 25.1 Å². The highest BCUT2D eigenvalue weighted by atomic mass is 127. The Hall–Kier alpha value is -1.07. The van der Waals surface area contributed by atoms with Gasteiger partial charge in [0.05, 0.1) is 24.8 Å². The lowest BCUT2D eigenvalue weighted by atomic mass is 9.57. The second kappa shape index (κ2) is 9.43. The Morgan fingerprint density at radius 1 is 1.26 bits per heavy atom. The minimum absolute atomic E-state index is 0. The molecule has 1 saturated carbocycles. The molecular formula is C22H31F3IN3O2. The van der Waals surface area contributed by atoms with Gasteiger partial charge in [0.1, 0.15) is 6.10 Å². The van der Waals surface area contributed by atoms with Gasteiger partial charge in [-0.1, -0.05) is 26.0 Å². The fourth-order valence-electron chi connectivity index (χ4n) is 5.10. The monoisotopic (exact) mass is 553 g/mol. The molecule has 0 amide bonds. The zero-order chi connectivity index (χ0) is 21.5. The summed E-state index contributed by atoms with van der Waals surface area (Å²) in [7, 11) is 0. The topological polar surface area (TPSA) is 46.1 Å². The molecule has 3 aliphatic rings. The summed E-state index contributed by atoms with van der Waals surface area (Å²) in [6, 6.07) is 5.69. The molecule has 0 radical (unpaired) electrons. The predicted molar refractivity (Wildman–Crippen MR) is 124 cm³/mol. The van der Waals surface area contributed by atoms with Crippen molar-refractivity contribution in [1.82, 2.24) is 10.2 Å². The van der Waals surface area contributed by atoms with E-state index in [9.17, 15) is 13.2 Å². The molecule has 0 spiro atoms. The lowest BCUT2D eigenvalue weighted by molar-refractivity contribution is -0.137. The van der Waals surface area contributed by atoms with Crippen molar-refractivity contribution in [2.75, 3.05) is 32.8 Å². The molecular weight excluding hydrogens is 522 g/mol. The quantitative estimate of drug-likeness (QED) is 0.341. The fourth-order valence-corrected chi connectivity index (χ4v) is 5.10. The summed E-state index contributed by atoms with van der Waals surface area (Å²) in [5.41, 5.74) is -0.0917. The first-order valence-corrected chi connectivity index (χ1v) is 10.7. The van der Waals surface area contributed by atoms with Gasteiger partial charge in [0, 0.05) is 37.1 Å². The van der Waals surface area contributed by atoms with E-state index < -0.39 is 17.8 Å². The number of aliphatic imine (C=N–C) groups is 1. The summed E-state index contributed by atoms with van der Waals surface area (Å²) >= 11 is 0. The Kier molecular flexibility index (Phi) is 7.47. The van der Waals surface area contributed by atoms with Crippen LogP contribution >= 0.6 is 24.0 Å². The van der Waals surface area contributed by atoms with Crippen molar-refractivity contribution in [2.24, 2.45) is 16.3 Å². The first-order valence-electron chi connectivity index (χ1n) is 10.7. The number of nitrogens with one attached hydrogen (secondary N) is 1. The molecule has 2 heterocycles. The van der Waals surface area contributed by atoms with Crippen molar-refractivity contribution in [1.29, 1.82) is 0 Å². The van der Waals surface area contributed by atoms with Crippen molar-refractivity contribution in [2.45, 2.75) is 51.6 Å². The van der Waals surface area contributed by atoms with Gasteiger partial charge in [-0.3, -0.25) is 4.99 Å². The summed E-state index contributed by atoms with van der Waals surface area (Å²) in [4.78, 5) is 6.80. The molecule has 31 heavy (non-hydrogen) atoms. The zero-order valence-electron chi connectivity index (χ0n) is 18.1. The van der Waals surface area contributed by atoms with Crippen molar-refractivity contribution >= 4 is 29.9 Å². The predicted octanol–water partition coefficient (Wildman–Crippen LogP) is 4.48. The van der Waals surface area contributed by atoms with E-state index in [-0.39, 0.29) is 41.5 Å². The number of fused-ring (bicyclic) bond motifs is 1. The average Bonchev–Trinajstić information content (AvgIpc) is 3.18. The summed E-state index contributed by atoms with van der Waals surface area (Å²) < 4.78 is 51.1. The standard InChI is InChI=1S/C22H30F3N3O2.HI/c1-4-26-20(27-18-16-8-10-30-19(16)21(18,2)3)28-9-11-29-17(13-28)14-6-5-7-15(12-14)22(23,24)25;/h5-7,12,16-19H,4,8-11,13H2,1-3H3,(H,26,27);1H. The normalized spacial score (nSPS) is 30.3. The number of alkyl halides is 3. The molecule has 3 fully saturated rings. The Morgan fingerprint density at radius 2 is 2.03 bits per heavy atom. The van der Waals surface area contributed by atoms with Crippen LogP contribution in [-0.4, -0.2) is 55.9 Å². The average molecular weight is 553 g/mol. The lowest BCUT2D eigenvalue weighted by Gasteiger charge is -2.55. The van der Waals surface area contributed by atoms with E-state index in [2.05, 4.69) is 29.1 Å². The van der Waals surface area contributed by atoms with Gasteiger partial charge in [0.15, 0.2) is 5.96 Å². The number of guanidine groups is 1. The minimum atomic E-state index is -4.36. The van der Waals surface area contributed by atoms with Crippen molar-refractivity contribution in [3.05, 3.63) is 35.4 Å². The third-order valence-electron chi connectivity index (χ3n) is 6.64. The molecule has 4 atom stereocenters. The van der Waals surface area contributed by atoms with Gasteiger partial charge in [0.25, 0.3) is 0 Å². The molecule has 0 bridgehead atoms. The van der Waals surface area contributed by atoms with Gasteiger partial charge in [-0.05, 0) is 31.0 Å². The minimum Gasteiger partial charge on any atom is -0.377 e. The molecule has 4 unspecified atom stereocenters. The van der Waals surface area contributed by atoms with Crippen LogP contribution in [0.2, 0.25) is 0 Å². The number of morpholine rings is 1. The van der Waals surface area contributed by atoms with Gasteiger partial charge in [0.2, 0.25) is 0 Å². The third-order valence-corrected chi connectivity index (χ3v) is 6.64. The van der Waals surface area contributed by atoms with E-state index in [1.807, 2.05) is 6.92 Å². The number of nitrogens with zero attached hydrogens (tertiary/aromatic N) is 2. The molecule has 2 aliphatic heterocycles. The highest BCUT2D eigenvalue weighted by Crippen LogP contribution is 2.52. The van der Waals surface area contributed by atoms with Crippen LogP contribution in [0.15, 0.2) is 29.3 Å². The molecule has 4 rings (SSSR count). The fraction of sp³-hybridized carbons (Fsp3) is 0.682. The first kappa shape index (κ1) is 24.6. The Labute approximate surface area is 198 Å². The molecule has 1 aromatic carbocycles. The number of hydrogen-bond donors (Lipinski definition) is 1. The van der Waals surface area contributed by atoms with Crippen molar-refractivity contribution in [3.63, 3.8) is 0 Å². The summed E-state index contributed by atoms with van der Waals surface area (Å²) in [6.07, 6.45) is -3.47. The van der Waals surface area contributed by atoms with E-state index in [1.54, 1.807) is 6.07 Å². The van der Waals surface area contributed by atoms with Gasteiger partial charge in [-0.25, -0.2) is 0 Å². The zero-order valence-corrected chi connectivity index (χ0v) is 20.4. The SMILES string of the molecule is CCN=C(NC1C2CCOC2C1(C)C)N1CCOC(c2cccc(C(F)(F)F)c2)C1.I. The summed E-state index contributed by atoms with van der Waals surface area (Å²) in [5.74, 6) is 1.28. The Bertz CT molecular complexity index is 802. The molecule has 2 saturated heterocycles. The highest BCUT2D eigenvalue weighted by Gasteiger charge is 2.59. The van der Waals surface area contributed by atoms with Crippen LogP contribution in [0, 0.1) is 11.3 Å². The van der Waals surface area contributed by atoms with Crippen LogP contribution in [0.25, 0.3) is 0 Å². The maximum atomic E-state index is 13.1. The van der Waals surface area contributed by atoms with Gasteiger partial charge in [-0.15, -0.1) is 24.0 Å². The van der Waals surface area contributed by atoms with Crippen LogP contribution in [0.3, 0.4) is 0 Å². The summed E-state index contributed by atoms with van der Waals surface area (Å²) in [5, 5.41) is 3.65. The highest BCUT2D eigenvalue weighted by molar-refractivity contribution is 14.0. The lowest BCUT2D eigenvalue weighted by Crippen LogP contribution is -2.68. The smallest absolute Gasteiger partial charge is 0.377 e. The maximum absolute atomic E-state index is 13.1. The Morgan fingerprint density at radius 3 is 2.74 bits per heavy atom. The molecule has 1 aliphatic carbocycles.